The van der Waals surface area contributed by atoms with Crippen molar-refractivity contribution in [2.24, 2.45) is 0 Å². The highest BCUT2D eigenvalue weighted by Gasteiger charge is 2.09. The molecule has 3 heteroatoms. The Balaban J connectivity index is 3.85. The van der Waals surface area contributed by atoms with Crippen LogP contribution in [0.4, 0.5) is 0 Å². The molecule has 0 saturated carbocycles. The van der Waals surface area contributed by atoms with E-state index in [4.69, 9.17) is 21.1 Å². The molecule has 0 heterocycles. The van der Waals surface area contributed by atoms with E-state index < -0.39 is 0 Å². The lowest BCUT2D eigenvalue weighted by Crippen LogP contribution is -2.19. The van der Waals surface area contributed by atoms with Crippen molar-refractivity contribution in [1.82, 2.24) is 0 Å². The summed E-state index contributed by atoms with van der Waals surface area (Å²) in [5.41, 5.74) is 0. The van der Waals surface area contributed by atoms with Crippen LogP contribution in [-0.4, -0.2) is 25.4 Å². The number of hydrogen-bond donors (Lipinski definition) is 0. The normalized spacial score (nSPS) is 11.0. The zero-order chi connectivity index (χ0) is 20.5. The smallest absolute Gasteiger partial charge is 0.157 e. The Bertz CT molecular complexity index is 332. The third-order valence-electron chi connectivity index (χ3n) is 4.91. The summed E-state index contributed by atoms with van der Waals surface area (Å²) in [5, 5.41) is 0. The van der Waals surface area contributed by atoms with Gasteiger partial charge in [-0.2, -0.15) is 0 Å². The fourth-order valence-electron chi connectivity index (χ4n) is 3.09. The van der Waals surface area contributed by atoms with Crippen LogP contribution in [0.15, 0.2) is 0 Å². The van der Waals surface area contributed by atoms with E-state index in [1.807, 2.05) is 0 Å². The third kappa shape index (κ3) is 22.1. The lowest BCUT2D eigenvalue weighted by atomic mass is 10.1. The number of halogens is 1. The zero-order valence-electron chi connectivity index (χ0n) is 18.9. The lowest BCUT2D eigenvalue weighted by Gasteiger charge is -2.19. The van der Waals surface area contributed by atoms with E-state index in [9.17, 15) is 0 Å². The quantitative estimate of drug-likeness (QED) is 0.0813. The summed E-state index contributed by atoms with van der Waals surface area (Å²) >= 11 is 5.66. The second-order valence-electron chi connectivity index (χ2n) is 7.74. The van der Waals surface area contributed by atoms with Gasteiger partial charge >= 0.3 is 0 Å². The van der Waals surface area contributed by atoms with Gasteiger partial charge in [0.2, 0.25) is 0 Å². The summed E-state index contributed by atoms with van der Waals surface area (Å²) < 4.78 is 12.1. The minimum atomic E-state index is -0.00726. The van der Waals surface area contributed by atoms with Crippen LogP contribution < -0.4 is 0 Å². The largest absolute Gasteiger partial charge is 0.353 e. The summed E-state index contributed by atoms with van der Waals surface area (Å²) in [5.74, 6) is 7.17. The van der Waals surface area contributed by atoms with Gasteiger partial charge in [0.1, 0.15) is 0 Å². The number of rotatable bonds is 21. The lowest BCUT2D eigenvalue weighted by molar-refractivity contribution is -0.148. The fraction of sp³-hybridized carbons (Fsp3) is 0.920. The third-order valence-corrected chi connectivity index (χ3v) is 5.17. The van der Waals surface area contributed by atoms with Crippen LogP contribution in [0.5, 0.6) is 0 Å². The molecule has 28 heavy (non-hydrogen) atoms. The van der Waals surface area contributed by atoms with Crippen molar-refractivity contribution in [1.29, 1.82) is 0 Å². The van der Waals surface area contributed by atoms with Crippen LogP contribution in [0.2, 0.25) is 0 Å². The molecule has 0 fully saturated rings. The van der Waals surface area contributed by atoms with Crippen LogP contribution in [0.25, 0.3) is 0 Å². The summed E-state index contributed by atoms with van der Waals surface area (Å²) in [7, 11) is 0. The molecule has 0 N–H and O–H groups in total. The highest BCUT2D eigenvalue weighted by Crippen LogP contribution is 2.13. The van der Waals surface area contributed by atoms with Gasteiger partial charge < -0.3 is 9.47 Å². The fourth-order valence-corrected chi connectivity index (χ4v) is 3.22. The predicted octanol–water partition coefficient (Wildman–Crippen LogP) is 8.26. The summed E-state index contributed by atoms with van der Waals surface area (Å²) in [4.78, 5) is 0. The Morgan fingerprint density at radius 1 is 0.607 bits per heavy atom. The predicted molar refractivity (Wildman–Crippen MR) is 124 cm³/mol. The Morgan fingerprint density at radius 2 is 1.11 bits per heavy atom. The number of ether oxygens (including phenoxy) is 2. The molecule has 0 saturated heterocycles. The van der Waals surface area contributed by atoms with Crippen molar-refractivity contribution < 1.29 is 9.47 Å². The van der Waals surface area contributed by atoms with Gasteiger partial charge in [-0.1, -0.05) is 71.6 Å². The average molecular weight is 415 g/mol. The van der Waals surface area contributed by atoms with Gasteiger partial charge in [0.15, 0.2) is 6.29 Å². The second-order valence-corrected chi connectivity index (χ2v) is 8.12. The van der Waals surface area contributed by atoms with E-state index in [1.54, 1.807) is 0 Å². The van der Waals surface area contributed by atoms with Gasteiger partial charge in [-0.15, -0.1) is 23.4 Å². The minimum absolute atomic E-state index is 0.00726. The molecule has 0 aliphatic rings. The molecule has 0 bridgehead atoms. The maximum atomic E-state index is 6.06. The van der Waals surface area contributed by atoms with E-state index in [-0.39, 0.29) is 6.29 Å². The van der Waals surface area contributed by atoms with Gasteiger partial charge in [-0.25, -0.2) is 0 Å². The SMILES string of the molecule is CCCCCCCOC(CCCCCC#CCCCCl)OCCCCCCC. The molecular weight excluding hydrogens is 368 g/mol. The van der Waals surface area contributed by atoms with E-state index in [0.717, 1.165) is 51.7 Å². The standard InChI is InChI=1S/C25H47ClO2/c1-3-5-7-15-19-23-27-25(28-24-20-16-8-6-4-2)21-17-13-11-9-10-12-14-18-22-26/h25H,3-9,11,13-24H2,1-2H3. The topological polar surface area (TPSA) is 18.5 Å². The van der Waals surface area contributed by atoms with Gasteiger partial charge in [0, 0.05) is 31.9 Å². The Morgan fingerprint density at radius 3 is 1.64 bits per heavy atom. The van der Waals surface area contributed by atoms with Gasteiger partial charge in [0.25, 0.3) is 0 Å². The van der Waals surface area contributed by atoms with Crippen LogP contribution in [0, 0.1) is 11.8 Å². The Labute approximate surface area is 181 Å². The van der Waals surface area contributed by atoms with E-state index in [0.29, 0.717) is 5.88 Å². The molecule has 0 radical (unpaired) electrons. The zero-order valence-corrected chi connectivity index (χ0v) is 19.7. The molecule has 0 aromatic carbocycles. The monoisotopic (exact) mass is 414 g/mol. The molecule has 0 aliphatic carbocycles. The first kappa shape index (κ1) is 27.8. The molecule has 166 valence electrons. The Kier molecular flexibility index (Phi) is 24.6. The summed E-state index contributed by atoms with van der Waals surface area (Å²) in [6, 6.07) is 0. The van der Waals surface area contributed by atoms with Crippen molar-refractivity contribution in [2.45, 2.75) is 129 Å². The van der Waals surface area contributed by atoms with E-state index in [2.05, 4.69) is 25.7 Å². The minimum Gasteiger partial charge on any atom is -0.353 e. The van der Waals surface area contributed by atoms with Crippen LogP contribution in [0.1, 0.15) is 123 Å². The van der Waals surface area contributed by atoms with Crippen LogP contribution in [-0.2, 0) is 9.47 Å². The second kappa shape index (κ2) is 24.8. The van der Waals surface area contributed by atoms with E-state index in [1.165, 1.54) is 70.6 Å². The molecule has 0 atom stereocenters. The van der Waals surface area contributed by atoms with Gasteiger partial charge in [-0.05, 0) is 38.5 Å². The Hall–Kier alpha value is -0.230. The van der Waals surface area contributed by atoms with Gasteiger partial charge in [0.05, 0.1) is 0 Å². The first-order chi connectivity index (χ1) is 13.8. The maximum Gasteiger partial charge on any atom is 0.157 e. The molecule has 0 unspecified atom stereocenters. The molecule has 0 aliphatic heterocycles. The highest BCUT2D eigenvalue weighted by molar-refractivity contribution is 6.17. The van der Waals surface area contributed by atoms with E-state index >= 15 is 0 Å². The van der Waals surface area contributed by atoms with Crippen molar-refractivity contribution in [2.75, 3.05) is 19.1 Å². The maximum absolute atomic E-state index is 6.06. The number of alkyl halides is 1. The first-order valence-corrected chi connectivity index (χ1v) is 12.6. The first-order valence-electron chi connectivity index (χ1n) is 12.1. The molecule has 0 amide bonds. The molecular formula is C25H47ClO2. The molecule has 2 nitrogen and oxygen atoms in total. The van der Waals surface area contributed by atoms with Crippen molar-refractivity contribution in [3.63, 3.8) is 0 Å². The number of hydrogen-bond acceptors (Lipinski definition) is 2. The van der Waals surface area contributed by atoms with Crippen LogP contribution in [0.3, 0.4) is 0 Å². The molecule has 0 aromatic rings. The summed E-state index contributed by atoms with van der Waals surface area (Å²) in [6.07, 6.45) is 20.3. The average Bonchev–Trinajstić information content (AvgIpc) is 2.71. The molecule has 0 rings (SSSR count). The summed E-state index contributed by atoms with van der Waals surface area (Å²) in [6.45, 7) is 6.20. The number of unbranched alkanes of at least 4 members (excludes halogenated alkanes) is 12. The van der Waals surface area contributed by atoms with Crippen molar-refractivity contribution >= 4 is 11.6 Å². The van der Waals surface area contributed by atoms with Crippen LogP contribution >= 0.6 is 11.6 Å². The van der Waals surface area contributed by atoms with Gasteiger partial charge in [-0.3, -0.25) is 0 Å². The molecule has 0 spiro atoms. The van der Waals surface area contributed by atoms with Crippen molar-refractivity contribution in [3.8, 4) is 11.8 Å². The van der Waals surface area contributed by atoms with Crippen molar-refractivity contribution in [3.05, 3.63) is 0 Å². The molecule has 0 aromatic heterocycles. The highest BCUT2D eigenvalue weighted by atomic mass is 35.5.